The maximum absolute atomic E-state index is 13.3. The molecule has 0 aliphatic heterocycles. The Morgan fingerprint density at radius 3 is 2.11 bits per heavy atom. The number of methoxy groups -OCH3 is 1. The third-order valence-electron chi connectivity index (χ3n) is 6.16. The Bertz CT molecular complexity index is 1390. The highest BCUT2D eigenvalue weighted by Crippen LogP contribution is 2.25. The van der Waals surface area contributed by atoms with E-state index in [0.29, 0.717) is 23.8 Å². The molecule has 0 spiro atoms. The van der Waals surface area contributed by atoms with Crippen LogP contribution in [0.15, 0.2) is 79.0 Å². The van der Waals surface area contributed by atoms with Gasteiger partial charge in [-0.3, -0.25) is 19.5 Å². The topological polar surface area (TPSA) is 76.5 Å². The number of amides is 2. The molecule has 3 aromatic carbocycles. The molecule has 1 heterocycles. The van der Waals surface area contributed by atoms with Crippen molar-refractivity contribution >= 4 is 17.8 Å². The fourth-order valence-corrected chi connectivity index (χ4v) is 4.15. The van der Waals surface area contributed by atoms with Crippen LogP contribution in [0.25, 0.3) is 16.9 Å². The van der Waals surface area contributed by atoms with Crippen molar-refractivity contribution < 1.29 is 14.3 Å². The fraction of sp³-hybridized carbons (Fsp3) is 0.258. The Morgan fingerprint density at radius 1 is 0.921 bits per heavy atom. The summed E-state index contributed by atoms with van der Waals surface area (Å²) in [6, 6.07) is 23.0. The quantitative estimate of drug-likeness (QED) is 0.304. The van der Waals surface area contributed by atoms with Gasteiger partial charge in [0.25, 0.3) is 5.91 Å². The summed E-state index contributed by atoms with van der Waals surface area (Å²) < 4.78 is 7.07. The smallest absolute Gasteiger partial charge is 0.254 e. The maximum Gasteiger partial charge on any atom is 0.254 e. The van der Waals surface area contributed by atoms with Gasteiger partial charge in [-0.2, -0.15) is 0 Å². The minimum atomic E-state index is -0.318. The average Bonchev–Trinajstić information content (AvgIpc) is 3.32. The highest BCUT2D eigenvalue weighted by Gasteiger charge is 2.22. The molecule has 0 saturated carbocycles. The highest BCUT2D eigenvalue weighted by molar-refractivity contribution is 5.99. The first-order valence-corrected chi connectivity index (χ1v) is 12.7. The molecule has 38 heavy (non-hydrogen) atoms. The number of benzene rings is 3. The van der Waals surface area contributed by atoms with Crippen molar-refractivity contribution in [2.45, 2.75) is 27.7 Å². The lowest BCUT2D eigenvalue weighted by Crippen LogP contribution is -2.40. The zero-order chi connectivity index (χ0) is 27.2. The van der Waals surface area contributed by atoms with Crippen LogP contribution in [0, 0.1) is 19.8 Å². The van der Waals surface area contributed by atoms with Crippen molar-refractivity contribution in [3.63, 3.8) is 0 Å². The van der Waals surface area contributed by atoms with Gasteiger partial charge in [-0.05, 0) is 56.2 Å². The van der Waals surface area contributed by atoms with Crippen molar-refractivity contribution in [3.8, 4) is 22.7 Å². The summed E-state index contributed by atoms with van der Waals surface area (Å²) in [5.41, 5.74) is 5.38. The number of rotatable bonds is 9. The second-order valence-electron chi connectivity index (χ2n) is 9.88. The van der Waals surface area contributed by atoms with Crippen molar-refractivity contribution in [2.24, 2.45) is 5.92 Å². The largest absolute Gasteiger partial charge is 0.497 e. The Balaban J connectivity index is 1.60. The van der Waals surface area contributed by atoms with Gasteiger partial charge in [0.05, 0.1) is 12.8 Å². The standard InChI is InChI=1S/C31H34N4O3/c1-21(2)18-34(30(37)25-12-16-27(38-5)17-13-25)20-29(36)33-31-32-28(24-10-6-22(3)7-11-24)19-35(31)26-14-8-23(4)9-15-26/h6-17,19,21H,18,20H2,1-5H3,(H,32,33,36). The summed E-state index contributed by atoms with van der Waals surface area (Å²) in [6.45, 7) is 8.45. The Labute approximate surface area is 224 Å². The Kier molecular flexibility index (Phi) is 8.26. The molecule has 0 fully saturated rings. The van der Waals surface area contributed by atoms with E-state index < -0.39 is 0 Å². The van der Waals surface area contributed by atoms with Crippen LogP contribution in [-0.4, -0.2) is 46.5 Å². The third kappa shape index (κ3) is 6.48. The number of carbonyl (C=O) groups is 2. The molecule has 0 unspecified atom stereocenters. The molecule has 196 valence electrons. The first-order chi connectivity index (χ1) is 18.2. The fourth-order valence-electron chi connectivity index (χ4n) is 4.15. The molecule has 2 amide bonds. The number of carbonyl (C=O) groups excluding carboxylic acids is 2. The van der Waals surface area contributed by atoms with Crippen LogP contribution < -0.4 is 10.1 Å². The van der Waals surface area contributed by atoms with Gasteiger partial charge in [0.1, 0.15) is 12.3 Å². The second-order valence-corrected chi connectivity index (χ2v) is 9.88. The lowest BCUT2D eigenvalue weighted by molar-refractivity contribution is -0.117. The van der Waals surface area contributed by atoms with Gasteiger partial charge in [-0.15, -0.1) is 0 Å². The molecular weight excluding hydrogens is 476 g/mol. The molecule has 7 nitrogen and oxygen atoms in total. The number of aromatic nitrogens is 2. The van der Waals surface area contributed by atoms with Gasteiger partial charge in [0.2, 0.25) is 11.9 Å². The van der Waals surface area contributed by atoms with Crippen LogP contribution in [0.4, 0.5) is 5.95 Å². The lowest BCUT2D eigenvalue weighted by Gasteiger charge is -2.24. The van der Waals surface area contributed by atoms with E-state index in [1.54, 1.807) is 36.3 Å². The minimum Gasteiger partial charge on any atom is -0.497 e. The predicted molar refractivity (Wildman–Crippen MR) is 151 cm³/mol. The van der Waals surface area contributed by atoms with Crippen LogP contribution in [0.3, 0.4) is 0 Å². The van der Waals surface area contributed by atoms with Crippen LogP contribution in [0.2, 0.25) is 0 Å². The molecule has 0 radical (unpaired) electrons. The second kappa shape index (κ2) is 11.8. The lowest BCUT2D eigenvalue weighted by atomic mass is 10.1. The molecule has 0 saturated heterocycles. The Hall–Kier alpha value is -4.39. The number of imidazole rings is 1. The molecular formula is C31H34N4O3. The summed E-state index contributed by atoms with van der Waals surface area (Å²) in [4.78, 5) is 32.9. The van der Waals surface area contributed by atoms with E-state index in [2.05, 4.69) is 5.32 Å². The van der Waals surface area contributed by atoms with E-state index in [1.165, 1.54) is 0 Å². The summed E-state index contributed by atoms with van der Waals surface area (Å²) in [5, 5.41) is 2.95. The number of ether oxygens (including phenoxy) is 1. The monoisotopic (exact) mass is 510 g/mol. The van der Waals surface area contributed by atoms with E-state index in [1.807, 2.05) is 87.0 Å². The number of anilines is 1. The first kappa shape index (κ1) is 26.7. The molecule has 0 bridgehead atoms. The molecule has 0 aliphatic rings. The zero-order valence-corrected chi connectivity index (χ0v) is 22.6. The van der Waals surface area contributed by atoms with E-state index in [-0.39, 0.29) is 24.3 Å². The average molecular weight is 511 g/mol. The number of nitrogens with one attached hydrogen (secondary N) is 1. The van der Waals surface area contributed by atoms with Crippen molar-refractivity contribution in [1.82, 2.24) is 14.5 Å². The summed E-state index contributed by atoms with van der Waals surface area (Å²) in [6.07, 6.45) is 1.92. The highest BCUT2D eigenvalue weighted by atomic mass is 16.5. The maximum atomic E-state index is 13.3. The van der Waals surface area contributed by atoms with E-state index in [0.717, 1.165) is 28.1 Å². The first-order valence-electron chi connectivity index (χ1n) is 12.7. The van der Waals surface area contributed by atoms with Crippen molar-refractivity contribution in [1.29, 1.82) is 0 Å². The van der Waals surface area contributed by atoms with Crippen LogP contribution in [0.5, 0.6) is 5.75 Å². The van der Waals surface area contributed by atoms with Gasteiger partial charge in [-0.25, -0.2) is 4.98 Å². The Morgan fingerprint density at radius 2 is 1.53 bits per heavy atom. The van der Waals surface area contributed by atoms with Crippen molar-refractivity contribution in [2.75, 3.05) is 25.5 Å². The van der Waals surface area contributed by atoms with Gasteiger partial charge < -0.3 is 9.64 Å². The molecule has 0 atom stereocenters. The van der Waals surface area contributed by atoms with E-state index >= 15 is 0 Å². The zero-order valence-electron chi connectivity index (χ0n) is 22.6. The van der Waals surface area contributed by atoms with Gasteiger partial charge in [-0.1, -0.05) is 61.4 Å². The van der Waals surface area contributed by atoms with Gasteiger partial charge in [0.15, 0.2) is 0 Å². The molecule has 1 aromatic heterocycles. The van der Waals surface area contributed by atoms with Gasteiger partial charge >= 0.3 is 0 Å². The van der Waals surface area contributed by atoms with E-state index in [9.17, 15) is 9.59 Å². The molecule has 4 rings (SSSR count). The SMILES string of the molecule is COc1ccc(C(=O)N(CC(=O)Nc2nc(-c3ccc(C)cc3)cn2-c2ccc(C)cc2)CC(C)C)cc1. The molecule has 7 heteroatoms. The van der Waals surface area contributed by atoms with Crippen LogP contribution in [0.1, 0.15) is 35.3 Å². The normalized spacial score (nSPS) is 10.9. The number of aryl methyl sites for hydroxylation is 2. The van der Waals surface area contributed by atoms with Crippen LogP contribution in [-0.2, 0) is 4.79 Å². The van der Waals surface area contributed by atoms with Gasteiger partial charge in [0, 0.05) is 29.6 Å². The molecule has 0 aliphatic carbocycles. The number of nitrogens with zero attached hydrogens (tertiary/aromatic N) is 3. The predicted octanol–water partition coefficient (Wildman–Crippen LogP) is 5.90. The summed E-state index contributed by atoms with van der Waals surface area (Å²) >= 11 is 0. The molecule has 4 aromatic rings. The number of hydrogen-bond acceptors (Lipinski definition) is 4. The van der Waals surface area contributed by atoms with Crippen molar-refractivity contribution in [3.05, 3.63) is 95.7 Å². The van der Waals surface area contributed by atoms with Crippen LogP contribution >= 0.6 is 0 Å². The minimum absolute atomic E-state index is 0.0936. The number of hydrogen-bond donors (Lipinski definition) is 1. The van der Waals surface area contributed by atoms with E-state index in [4.69, 9.17) is 9.72 Å². The third-order valence-corrected chi connectivity index (χ3v) is 6.16. The molecule has 1 N–H and O–H groups in total. The summed E-state index contributed by atoms with van der Waals surface area (Å²) in [7, 11) is 1.58. The summed E-state index contributed by atoms with van der Waals surface area (Å²) in [5.74, 6) is 0.728.